The lowest BCUT2D eigenvalue weighted by atomic mass is 10.2. The van der Waals surface area contributed by atoms with Gasteiger partial charge in [-0.1, -0.05) is 0 Å². The Morgan fingerprint density at radius 1 is 1.39 bits per heavy atom. The van der Waals surface area contributed by atoms with Gasteiger partial charge in [0.1, 0.15) is 12.1 Å². The van der Waals surface area contributed by atoms with E-state index in [1.165, 1.54) is 0 Å². The number of nitrogens with one attached hydrogen (secondary N) is 1. The minimum absolute atomic E-state index is 0.292. The van der Waals surface area contributed by atoms with Crippen LogP contribution in [0.5, 0.6) is 0 Å². The molecule has 96 valence electrons. The molecule has 0 aliphatic carbocycles. The standard InChI is InChI=1S/C13H18N4O/c1-9(5-6-18-2)17-13-11-4-3-10(14)7-12(11)15-8-16-13/h3-4,7-9H,5-6,14H2,1-2H3,(H,15,16,17). The molecule has 2 aromatic rings. The van der Waals surface area contributed by atoms with Gasteiger partial charge < -0.3 is 15.8 Å². The summed E-state index contributed by atoms with van der Waals surface area (Å²) in [6, 6.07) is 5.94. The van der Waals surface area contributed by atoms with Gasteiger partial charge in [-0.3, -0.25) is 0 Å². The van der Waals surface area contributed by atoms with Crippen molar-refractivity contribution in [2.75, 3.05) is 24.8 Å². The number of rotatable bonds is 5. The largest absolute Gasteiger partial charge is 0.399 e. The highest BCUT2D eigenvalue weighted by atomic mass is 16.5. The highest BCUT2D eigenvalue weighted by Gasteiger charge is 2.07. The Bertz CT molecular complexity index is 529. The third kappa shape index (κ3) is 2.87. The predicted molar refractivity (Wildman–Crippen MR) is 73.5 cm³/mol. The Morgan fingerprint density at radius 2 is 2.22 bits per heavy atom. The van der Waals surface area contributed by atoms with Crippen LogP contribution in [0.3, 0.4) is 0 Å². The molecule has 0 amide bonds. The van der Waals surface area contributed by atoms with Gasteiger partial charge in [-0.25, -0.2) is 9.97 Å². The zero-order valence-corrected chi connectivity index (χ0v) is 10.7. The van der Waals surface area contributed by atoms with Crippen molar-refractivity contribution in [2.45, 2.75) is 19.4 Å². The summed E-state index contributed by atoms with van der Waals surface area (Å²) in [5.41, 5.74) is 7.30. The first-order valence-electron chi connectivity index (χ1n) is 5.96. The number of ether oxygens (including phenoxy) is 1. The maximum atomic E-state index is 5.74. The van der Waals surface area contributed by atoms with Crippen LogP contribution in [0.4, 0.5) is 11.5 Å². The van der Waals surface area contributed by atoms with E-state index in [9.17, 15) is 0 Å². The summed E-state index contributed by atoms with van der Waals surface area (Å²) >= 11 is 0. The number of nitrogen functional groups attached to an aromatic ring is 1. The fourth-order valence-electron chi connectivity index (χ4n) is 1.79. The number of aromatic nitrogens is 2. The number of hydrogen-bond acceptors (Lipinski definition) is 5. The Hall–Kier alpha value is -1.88. The summed E-state index contributed by atoms with van der Waals surface area (Å²) in [6.07, 6.45) is 2.48. The summed E-state index contributed by atoms with van der Waals surface area (Å²) < 4.78 is 5.06. The third-order valence-corrected chi connectivity index (χ3v) is 2.80. The number of methoxy groups -OCH3 is 1. The van der Waals surface area contributed by atoms with E-state index in [4.69, 9.17) is 10.5 Å². The molecule has 1 unspecified atom stereocenters. The number of nitrogens with zero attached hydrogens (tertiary/aromatic N) is 2. The number of fused-ring (bicyclic) bond motifs is 1. The van der Waals surface area contributed by atoms with Crippen LogP contribution in [0.2, 0.25) is 0 Å². The molecule has 18 heavy (non-hydrogen) atoms. The lowest BCUT2D eigenvalue weighted by Gasteiger charge is -2.15. The molecule has 5 heteroatoms. The summed E-state index contributed by atoms with van der Waals surface area (Å²) in [7, 11) is 1.70. The van der Waals surface area contributed by atoms with Crippen molar-refractivity contribution in [1.29, 1.82) is 0 Å². The molecule has 0 fully saturated rings. The van der Waals surface area contributed by atoms with Gasteiger partial charge in [0.15, 0.2) is 0 Å². The lowest BCUT2D eigenvalue weighted by Crippen LogP contribution is -2.18. The van der Waals surface area contributed by atoms with Gasteiger partial charge in [-0.2, -0.15) is 0 Å². The molecule has 3 N–H and O–H groups in total. The van der Waals surface area contributed by atoms with E-state index in [-0.39, 0.29) is 0 Å². The van der Waals surface area contributed by atoms with E-state index in [0.29, 0.717) is 11.7 Å². The van der Waals surface area contributed by atoms with Gasteiger partial charge in [0, 0.05) is 30.8 Å². The van der Waals surface area contributed by atoms with Crippen molar-refractivity contribution in [3.05, 3.63) is 24.5 Å². The minimum Gasteiger partial charge on any atom is -0.399 e. The van der Waals surface area contributed by atoms with Crippen LogP contribution >= 0.6 is 0 Å². The van der Waals surface area contributed by atoms with Crippen molar-refractivity contribution < 1.29 is 4.74 Å². The van der Waals surface area contributed by atoms with E-state index < -0.39 is 0 Å². The monoisotopic (exact) mass is 246 g/mol. The molecule has 0 spiro atoms. The Kier molecular flexibility index (Phi) is 3.94. The average Bonchev–Trinajstić information content (AvgIpc) is 2.36. The first-order valence-corrected chi connectivity index (χ1v) is 5.96. The van der Waals surface area contributed by atoms with E-state index in [2.05, 4.69) is 22.2 Å². The quantitative estimate of drug-likeness (QED) is 0.790. The molecule has 0 aliphatic rings. The van der Waals surface area contributed by atoms with Gasteiger partial charge in [-0.05, 0) is 31.5 Å². The Balaban J connectivity index is 2.22. The molecule has 0 saturated heterocycles. The highest BCUT2D eigenvalue weighted by Crippen LogP contribution is 2.21. The molecule has 0 radical (unpaired) electrons. The van der Waals surface area contributed by atoms with Crippen LogP contribution in [0, 0.1) is 0 Å². The molecule has 0 saturated carbocycles. The van der Waals surface area contributed by atoms with Crippen LogP contribution in [0.1, 0.15) is 13.3 Å². The van der Waals surface area contributed by atoms with Gasteiger partial charge in [0.2, 0.25) is 0 Å². The minimum atomic E-state index is 0.292. The number of hydrogen-bond donors (Lipinski definition) is 2. The van der Waals surface area contributed by atoms with Crippen LogP contribution in [-0.4, -0.2) is 29.7 Å². The summed E-state index contributed by atoms with van der Waals surface area (Å²) in [4.78, 5) is 8.50. The first-order chi connectivity index (χ1) is 8.70. The highest BCUT2D eigenvalue weighted by molar-refractivity contribution is 5.90. The van der Waals surface area contributed by atoms with Gasteiger partial charge in [-0.15, -0.1) is 0 Å². The van der Waals surface area contributed by atoms with Crippen LogP contribution in [0.15, 0.2) is 24.5 Å². The maximum Gasteiger partial charge on any atom is 0.137 e. The fourth-order valence-corrected chi connectivity index (χ4v) is 1.79. The first kappa shape index (κ1) is 12.6. The van der Waals surface area contributed by atoms with Crippen molar-refractivity contribution in [2.24, 2.45) is 0 Å². The molecular weight excluding hydrogens is 228 g/mol. The normalized spacial score (nSPS) is 12.6. The van der Waals surface area contributed by atoms with E-state index in [1.54, 1.807) is 13.4 Å². The number of nitrogens with two attached hydrogens (primary N) is 1. The zero-order valence-electron chi connectivity index (χ0n) is 10.7. The fraction of sp³-hybridized carbons (Fsp3) is 0.385. The molecule has 1 aromatic heterocycles. The summed E-state index contributed by atoms with van der Waals surface area (Å²) in [5, 5.41) is 4.35. The molecule has 0 bridgehead atoms. The summed E-state index contributed by atoms with van der Waals surface area (Å²) in [6.45, 7) is 2.83. The SMILES string of the molecule is COCCC(C)Nc1ncnc2cc(N)ccc12. The zero-order chi connectivity index (χ0) is 13.0. The molecule has 1 aromatic carbocycles. The van der Waals surface area contributed by atoms with Crippen molar-refractivity contribution in [3.8, 4) is 0 Å². The Labute approximate surface area is 106 Å². The number of anilines is 2. The lowest BCUT2D eigenvalue weighted by molar-refractivity contribution is 0.191. The second kappa shape index (κ2) is 5.64. The summed E-state index contributed by atoms with van der Waals surface area (Å²) in [5.74, 6) is 0.837. The van der Waals surface area contributed by atoms with Gasteiger partial charge in [0.05, 0.1) is 5.52 Å². The van der Waals surface area contributed by atoms with Gasteiger partial charge in [0.25, 0.3) is 0 Å². The second-order valence-corrected chi connectivity index (χ2v) is 4.33. The van der Waals surface area contributed by atoms with Crippen molar-refractivity contribution in [1.82, 2.24) is 9.97 Å². The van der Waals surface area contributed by atoms with E-state index >= 15 is 0 Å². The van der Waals surface area contributed by atoms with Gasteiger partial charge >= 0.3 is 0 Å². The molecule has 5 nitrogen and oxygen atoms in total. The maximum absolute atomic E-state index is 5.74. The smallest absolute Gasteiger partial charge is 0.137 e. The topological polar surface area (TPSA) is 73.1 Å². The molecular formula is C13H18N4O. The third-order valence-electron chi connectivity index (χ3n) is 2.80. The average molecular weight is 246 g/mol. The Morgan fingerprint density at radius 3 is 3.00 bits per heavy atom. The van der Waals surface area contributed by atoms with Crippen LogP contribution in [0.25, 0.3) is 10.9 Å². The molecule has 2 rings (SSSR count). The van der Waals surface area contributed by atoms with E-state index in [1.807, 2.05) is 18.2 Å². The molecule has 1 heterocycles. The van der Waals surface area contributed by atoms with Crippen LogP contribution < -0.4 is 11.1 Å². The second-order valence-electron chi connectivity index (χ2n) is 4.33. The van der Waals surface area contributed by atoms with E-state index in [0.717, 1.165) is 29.7 Å². The number of benzene rings is 1. The van der Waals surface area contributed by atoms with Crippen molar-refractivity contribution in [3.63, 3.8) is 0 Å². The van der Waals surface area contributed by atoms with Crippen molar-refractivity contribution >= 4 is 22.4 Å². The molecule has 1 atom stereocenters. The molecule has 0 aliphatic heterocycles. The van der Waals surface area contributed by atoms with Crippen LogP contribution in [-0.2, 0) is 4.74 Å². The predicted octanol–water partition coefficient (Wildman–Crippen LogP) is 2.05.